The lowest BCUT2D eigenvalue weighted by Crippen LogP contribution is -1.61. The lowest BCUT2D eigenvalue weighted by Gasteiger charge is -1.87. The summed E-state index contributed by atoms with van der Waals surface area (Å²) in [4.78, 5) is 0.939. The molecule has 0 unspecified atom stereocenters. The maximum absolute atomic E-state index is 5.58. The average Bonchev–Trinajstić information content (AvgIpc) is 1.77. The van der Waals surface area contributed by atoms with Gasteiger partial charge >= 0.3 is 0 Å². The highest BCUT2D eigenvalue weighted by atomic mass is 35.5. The van der Waals surface area contributed by atoms with Gasteiger partial charge in [-0.2, -0.15) is 0 Å². The van der Waals surface area contributed by atoms with Crippen LogP contribution in [0, 0.1) is 0 Å². The maximum Gasteiger partial charge on any atom is 0.0406 e. The quantitative estimate of drug-likeness (QED) is 0.534. The number of rotatable bonds is 0. The molecule has 0 heterocycles. The molecule has 0 saturated heterocycles. The summed E-state index contributed by atoms with van der Waals surface area (Å²) in [7, 11) is 0. The third-order valence-corrected chi connectivity index (χ3v) is 1.38. The standard InChI is InChI=1S/C6H5ClS.ClH.4FH/c7-5-1-3-6(8)4-2-5;;;;;/h1-4,8H;5*1H. The first-order valence-corrected chi connectivity index (χ1v) is 3.06. The third-order valence-electron chi connectivity index (χ3n) is 0.827. The molecule has 1 rings (SSSR count). The Hall–Kier alpha value is -0.130. The molecule has 0 bridgehead atoms. The van der Waals surface area contributed by atoms with Crippen LogP contribution in [0.2, 0.25) is 5.02 Å². The molecule has 0 aliphatic rings. The van der Waals surface area contributed by atoms with E-state index < -0.39 is 0 Å². The molecule has 1 aromatic rings. The number of halogens is 6. The van der Waals surface area contributed by atoms with Crippen molar-refractivity contribution in [3.05, 3.63) is 29.3 Å². The zero-order valence-electron chi connectivity index (χ0n) is 6.18. The minimum atomic E-state index is 0. The zero-order chi connectivity index (χ0) is 5.98. The van der Waals surface area contributed by atoms with Crippen molar-refractivity contribution in [1.82, 2.24) is 0 Å². The first-order chi connectivity index (χ1) is 3.79. The molecule has 0 aliphatic heterocycles. The van der Waals surface area contributed by atoms with E-state index in [1.54, 1.807) is 0 Å². The monoisotopic (exact) mass is 260 g/mol. The van der Waals surface area contributed by atoms with Crippen LogP contribution in [-0.4, -0.2) is 0 Å². The van der Waals surface area contributed by atoms with Crippen molar-refractivity contribution in [2.45, 2.75) is 4.90 Å². The van der Waals surface area contributed by atoms with E-state index in [1.165, 1.54) is 0 Å². The molecule has 0 saturated carbocycles. The summed E-state index contributed by atoms with van der Waals surface area (Å²) in [5, 5.41) is 0.753. The van der Waals surface area contributed by atoms with Gasteiger partial charge in [-0.05, 0) is 24.3 Å². The van der Waals surface area contributed by atoms with E-state index in [-0.39, 0.29) is 31.2 Å². The Bertz CT molecular complexity index is 161. The van der Waals surface area contributed by atoms with Crippen molar-refractivity contribution in [2.75, 3.05) is 0 Å². The first-order valence-electron chi connectivity index (χ1n) is 2.23. The second-order valence-electron chi connectivity index (χ2n) is 1.48. The summed E-state index contributed by atoms with van der Waals surface area (Å²) in [5.74, 6) is 0. The lowest BCUT2D eigenvalue weighted by atomic mass is 10.4. The first kappa shape index (κ1) is 29.3. The fourth-order valence-corrected chi connectivity index (χ4v) is 0.716. The van der Waals surface area contributed by atoms with Gasteiger partial charge in [0.25, 0.3) is 0 Å². The van der Waals surface area contributed by atoms with Crippen molar-refractivity contribution in [3.8, 4) is 0 Å². The molecule has 7 heteroatoms. The number of hydrogen-bond acceptors (Lipinski definition) is 1. The fourth-order valence-electron chi connectivity index (χ4n) is 0.441. The van der Waals surface area contributed by atoms with Crippen LogP contribution in [0.25, 0.3) is 0 Å². The Labute approximate surface area is 90.0 Å². The summed E-state index contributed by atoms with van der Waals surface area (Å²) in [5.41, 5.74) is 0. The van der Waals surface area contributed by atoms with Gasteiger partial charge in [0.15, 0.2) is 0 Å². The Morgan fingerprint density at radius 1 is 0.846 bits per heavy atom. The summed E-state index contributed by atoms with van der Waals surface area (Å²) in [6.45, 7) is 0. The van der Waals surface area contributed by atoms with Gasteiger partial charge in [-0.25, -0.2) is 0 Å². The molecule has 1 aromatic carbocycles. The summed E-state index contributed by atoms with van der Waals surface area (Å²) in [6, 6.07) is 7.32. The van der Waals surface area contributed by atoms with Gasteiger partial charge in [0, 0.05) is 9.92 Å². The molecule has 0 aromatic heterocycles. The SMILES string of the molecule is Cl.F.F.F.F.Sc1ccc(Cl)cc1. The van der Waals surface area contributed by atoms with Crippen LogP contribution in [0.4, 0.5) is 18.8 Å². The molecule has 82 valence electrons. The topological polar surface area (TPSA) is 0 Å². The molecule has 0 aliphatic carbocycles. The Morgan fingerprint density at radius 3 is 1.38 bits per heavy atom. The van der Waals surface area contributed by atoms with Crippen LogP contribution in [0.1, 0.15) is 0 Å². The van der Waals surface area contributed by atoms with Gasteiger partial charge in [0.1, 0.15) is 0 Å². The van der Waals surface area contributed by atoms with Gasteiger partial charge in [-0.3, -0.25) is 18.8 Å². The second kappa shape index (κ2) is 14.4. The minimum Gasteiger partial charge on any atom is -0.269 e. The molecular weight excluding hydrogens is 251 g/mol. The van der Waals surface area contributed by atoms with E-state index in [0.717, 1.165) is 9.92 Å². The molecular formula is C6H10Cl2F4S. The van der Waals surface area contributed by atoms with Gasteiger partial charge in [-0.15, -0.1) is 25.0 Å². The van der Waals surface area contributed by atoms with Crippen molar-refractivity contribution in [2.24, 2.45) is 0 Å². The molecule has 0 nitrogen and oxygen atoms in total. The number of thiol groups is 1. The Balaban J connectivity index is -0.0000000427. The lowest BCUT2D eigenvalue weighted by molar-refractivity contribution is 1.11. The van der Waals surface area contributed by atoms with E-state index in [4.69, 9.17) is 11.6 Å². The average molecular weight is 261 g/mol. The number of benzene rings is 1. The highest BCUT2D eigenvalue weighted by Crippen LogP contribution is 2.11. The summed E-state index contributed by atoms with van der Waals surface area (Å²) in [6.07, 6.45) is 0. The highest BCUT2D eigenvalue weighted by molar-refractivity contribution is 7.80. The number of hydrogen-bond donors (Lipinski definition) is 1. The van der Waals surface area contributed by atoms with Crippen LogP contribution in [0.3, 0.4) is 0 Å². The van der Waals surface area contributed by atoms with Crippen molar-refractivity contribution >= 4 is 36.6 Å². The summed E-state index contributed by atoms with van der Waals surface area (Å²) < 4.78 is 0. The van der Waals surface area contributed by atoms with Gasteiger partial charge in [0.2, 0.25) is 0 Å². The molecule has 0 atom stereocenters. The van der Waals surface area contributed by atoms with E-state index in [1.807, 2.05) is 24.3 Å². The molecule has 0 radical (unpaired) electrons. The molecule has 0 N–H and O–H groups in total. The van der Waals surface area contributed by atoms with Gasteiger partial charge < -0.3 is 0 Å². The van der Waals surface area contributed by atoms with E-state index in [9.17, 15) is 0 Å². The van der Waals surface area contributed by atoms with Gasteiger partial charge in [-0.1, -0.05) is 11.6 Å². The zero-order valence-corrected chi connectivity index (χ0v) is 8.64. The van der Waals surface area contributed by atoms with Crippen LogP contribution in [0.5, 0.6) is 0 Å². The van der Waals surface area contributed by atoms with Crippen LogP contribution >= 0.6 is 36.6 Å². The van der Waals surface area contributed by atoms with Crippen LogP contribution < -0.4 is 0 Å². The molecule has 0 fully saturated rings. The highest BCUT2D eigenvalue weighted by Gasteiger charge is 1.82. The Kier molecular flexibility index (Phi) is 32.4. The van der Waals surface area contributed by atoms with E-state index in [0.29, 0.717) is 0 Å². The van der Waals surface area contributed by atoms with Crippen molar-refractivity contribution < 1.29 is 18.8 Å². The molecule has 0 spiro atoms. The second-order valence-corrected chi connectivity index (χ2v) is 2.43. The van der Waals surface area contributed by atoms with Gasteiger partial charge in [0.05, 0.1) is 0 Å². The van der Waals surface area contributed by atoms with E-state index in [2.05, 4.69) is 12.6 Å². The van der Waals surface area contributed by atoms with E-state index >= 15 is 0 Å². The maximum atomic E-state index is 5.58. The minimum absolute atomic E-state index is 0. The van der Waals surface area contributed by atoms with Crippen molar-refractivity contribution in [1.29, 1.82) is 0 Å². The molecule has 13 heavy (non-hydrogen) atoms. The van der Waals surface area contributed by atoms with Crippen molar-refractivity contribution in [3.63, 3.8) is 0 Å². The van der Waals surface area contributed by atoms with Crippen LogP contribution in [0.15, 0.2) is 29.2 Å². The van der Waals surface area contributed by atoms with Crippen LogP contribution in [-0.2, 0) is 0 Å². The predicted octanol–water partition coefficient (Wildman–Crippen LogP) is 3.66. The smallest absolute Gasteiger partial charge is 0.0406 e. The largest absolute Gasteiger partial charge is 0.269 e. The normalized spacial score (nSPS) is 5.69. The Morgan fingerprint density at radius 2 is 1.15 bits per heavy atom. The molecule has 0 amide bonds. The third kappa shape index (κ3) is 11.9. The predicted molar refractivity (Wildman–Crippen MR) is 56.0 cm³/mol. The fraction of sp³-hybridized carbons (Fsp3) is 0. The summed E-state index contributed by atoms with van der Waals surface area (Å²) >= 11 is 9.65.